The second kappa shape index (κ2) is 8.14. The normalized spacial score (nSPS) is 13.0. The highest BCUT2D eigenvalue weighted by Gasteiger charge is 2.08. The number of guanidine groups is 1. The van der Waals surface area contributed by atoms with Crippen LogP contribution in [0.25, 0.3) is 0 Å². The smallest absolute Gasteiger partial charge is 0.191 e. The lowest BCUT2D eigenvalue weighted by Gasteiger charge is -2.15. The number of nitrogens with one attached hydrogen (secondary N) is 2. The highest BCUT2D eigenvalue weighted by Crippen LogP contribution is 2.18. The first kappa shape index (κ1) is 16.8. The van der Waals surface area contributed by atoms with E-state index in [0.29, 0.717) is 12.5 Å². The van der Waals surface area contributed by atoms with Gasteiger partial charge in [0.25, 0.3) is 0 Å². The first-order chi connectivity index (χ1) is 10.6. The Kier molecular flexibility index (Phi) is 6.21. The van der Waals surface area contributed by atoms with Crippen LogP contribution in [0.1, 0.15) is 24.1 Å². The molecule has 0 spiro atoms. The Labute approximate surface area is 140 Å². The van der Waals surface area contributed by atoms with Crippen LogP contribution >= 0.6 is 22.7 Å². The molecule has 0 saturated heterocycles. The topological polar surface area (TPSA) is 52.6 Å². The van der Waals surface area contributed by atoms with Gasteiger partial charge < -0.3 is 15.5 Å². The Morgan fingerprint density at radius 3 is 2.77 bits per heavy atom. The molecule has 0 amide bonds. The molecule has 0 aliphatic heterocycles. The highest BCUT2D eigenvalue weighted by molar-refractivity contribution is 7.13. The van der Waals surface area contributed by atoms with Crippen LogP contribution in [-0.2, 0) is 6.54 Å². The van der Waals surface area contributed by atoms with E-state index in [1.54, 1.807) is 29.7 Å². The van der Waals surface area contributed by atoms with Gasteiger partial charge in [-0.15, -0.1) is 11.3 Å². The molecule has 0 aliphatic rings. The third-order valence-electron chi connectivity index (χ3n) is 3.27. The van der Waals surface area contributed by atoms with Crippen LogP contribution in [-0.4, -0.2) is 38.6 Å². The van der Waals surface area contributed by atoms with Gasteiger partial charge in [0, 0.05) is 33.1 Å². The number of hydrogen-bond acceptors (Lipinski definition) is 5. The van der Waals surface area contributed by atoms with E-state index in [4.69, 9.17) is 0 Å². The van der Waals surface area contributed by atoms with Crippen LogP contribution in [0, 0.1) is 0 Å². The van der Waals surface area contributed by atoms with Gasteiger partial charge in [-0.1, -0.05) is 6.92 Å². The molecule has 0 aliphatic carbocycles. The van der Waals surface area contributed by atoms with Crippen molar-refractivity contribution in [2.24, 2.45) is 4.99 Å². The van der Waals surface area contributed by atoms with Gasteiger partial charge in [-0.05, 0) is 28.3 Å². The van der Waals surface area contributed by atoms with E-state index in [-0.39, 0.29) is 0 Å². The number of hydrogen-bond donors (Lipinski definition) is 2. The van der Waals surface area contributed by atoms with Crippen LogP contribution < -0.4 is 15.5 Å². The lowest BCUT2D eigenvalue weighted by molar-refractivity contribution is 0.699. The quantitative estimate of drug-likeness (QED) is 0.629. The zero-order valence-corrected chi connectivity index (χ0v) is 15.1. The van der Waals surface area contributed by atoms with Gasteiger partial charge in [0.1, 0.15) is 0 Å². The predicted molar refractivity (Wildman–Crippen MR) is 97.4 cm³/mol. The summed E-state index contributed by atoms with van der Waals surface area (Å²) in [7, 11) is 5.79. The van der Waals surface area contributed by atoms with Gasteiger partial charge in [-0.3, -0.25) is 4.99 Å². The minimum atomic E-state index is 0.462. The summed E-state index contributed by atoms with van der Waals surface area (Å²) in [4.78, 5) is 10.8. The summed E-state index contributed by atoms with van der Waals surface area (Å²) in [5.41, 5.74) is 2.39. The van der Waals surface area contributed by atoms with Gasteiger partial charge in [-0.2, -0.15) is 11.3 Å². The summed E-state index contributed by atoms with van der Waals surface area (Å²) in [6.07, 6.45) is 0. The Morgan fingerprint density at radius 1 is 1.36 bits per heavy atom. The van der Waals surface area contributed by atoms with Crippen molar-refractivity contribution in [3.05, 3.63) is 33.5 Å². The monoisotopic (exact) mass is 337 g/mol. The molecule has 1 unspecified atom stereocenters. The van der Waals surface area contributed by atoms with Crippen LogP contribution in [0.15, 0.2) is 27.2 Å². The van der Waals surface area contributed by atoms with E-state index in [0.717, 1.165) is 23.3 Å². The Balaban J connectivity index is 1.79. The Bertz CT molecular complexity index is 589. The third kappa shape index (κ3) is 4.71. The van der Waals surface area contributed by atoms with E-state index in [1.807, 2.05) is 19.0 Å². The van der Waals surface area contributed by atoms with Crippen molar-refractivity contribution in [1.29, 1.82) is 0 Å². The Morgan fingerprint density at radius 2 is 2.18 bits per heavy atom. The molecule has 2 heterocycles. The number of anilines is 1. The average Bonchev–Trinajstić information content (AvgIpc) is 3.18. The third-order valence-corrected chi connectivity index (χ3v) is 5.03. The van der Waals surface area contributed by atoms with Crippen LogP contribution in [0.5, 0.6) is 0 Å². The predicted octanol–water partition coefficient (Wildman–Crippen LogP) is 2.74. The molecule has 0 aromatic carbocycles. The van der Waals surface area contributed by atoms with Crippen LogP contribution in [0.4, 0.5) is 5.13 Å². The summed E-state index contributed by atoms with van der Waals surface area (Å²) in [6.45, 7) is 3.75. The number of thiazole rings is 1. The van der Waals surface area contributed by atoms with E-state index >= 15 is 0 Å². The van der Waals surface area contributed by atoms with Gasteiger partial charge in [0.2, 0.25) is 0 Å². The number of rotatable bonds is 6. The van der Waals surface area contributed by atoms with E-state index < -0.39 is 0 Å². The maximum absolute atomic E-state index is 4.55. The molecule has 5 nitrogen and oxygen atoms in total. The number of thiophene rings is 1. The second-order valence-electron chi connectivity index (χ2n) is 5.28. The maximum atomic E-state index is 4.55. The SMILES string of the molecule is CN=C(NCc1csc(N(C)C)n1)NCC(C)c1ccsc1. The van der Waals surface area contributed by atoms with Crippen molar-refractivity contribution in [3.8, 4) is 0 Å². The largest absolute Gasteiger partial charge is 0.356 e. The number of aromatic nitrogens is 1. The molecular weight excluding hydrogens is 314 g/mol. The zero-order chi connectivity index (χ0) is 15.9. The van der Waals surface area contributed by atoms with Crippen molar-refractivity contribution in [1.82, 2.24) is 15.6 Å². The fourth-order valence-corrected chi connectivity index (χ4v) is 3.44. The van der Waals surface area contributed by atoms with Gasteiger partial charge >= 0.3 is 0 Å². The molecule has 1 atom stereocenters. The van der Waals surface area contributed by atoms with E-state index in [1.165, 1.54) is 5.56 Å². The molecule has 0 fully saturated rings. The molecule has 2 aromatic heterocycles. The zero-order valence-electron chi connectivity index (χ0n) is 13.5. The van der Waals surface area contributed by atoms with Gasteiger partial charge in [-0.25, -0.2) is 4.98 Å². The fraction of sp³-hybridized carbons (Fsp3) is 0.467. The Hall–Kier alpha value is -1.60. The molecule has 7 heteroatoms. The van der Waals surface area contributed by atoms with E-state index in [2.05, 4.69) is 49.7 Å². The number of nitrogens with zero attached hydrogens (tertiary/aromatic N) is 3. The molecule has 2 N–H and O–H groups in total. The van der Waals surface area contributed by atoms with Crippen molar-refractivity contribution in [3.63, 3.8) is 0 Å². The second-order valence-corrected chi connectivity index (χ2v) is 6.90. The van der Waals surface area contributed by atoms with Gasteiger partial charge in [0.15, 0.2) is 11.1 Å². The molecule has 120 valence electrons. The molecule has 0 radical (unpaired) electrons. The molecule has 22 heavy (non-hydrogen) atoms. The lowest BCUT2D eigenvalue weighted by atomic mass is 10.1. The summed E-state index contributed by atoms with van der Waals surface area (Å²) in [5, 5.41) is 14.1. The minimum absolute atomic E-state index is 0.462. The van der Waals surface area contributed by atoms with Crippen LogP contribution in [0.3, 0.4) is 0 Å². The first-order valence-electron chi connectivity index (χ1n) is 7.18. The molecule has 2 aromatic rings. The minimum Gasteiger partial charge on any atom is -0.356 e. The van der Waals surface area contributed by atoms with Crippen LogP contribution in [0.2, 0.25) is 0 Å². The summed E-state index contributed by atoms with van der Waals surface area (Å²) >= 11 is 3.38. The first-order valence-corrected chi connectivity index (χ1v) is 9.00. The van der Waals surface area contributed by atoms with Crippen molar-refractivity contribution < 1.29 is 0 Å². The molecular formula is C15H23N5S2. The fourth-order valence-electron chi connectivity index (χ4n) is 1.90. The lowest BCUT2D eigenvalue weighted by Crippen LogP contribution is -2.38. The van der Waals surface area contributed by atoms with Crippen molar-refractivity contribution in [2.45, 2.75) is 19.4 Å². The number of aliphatic imine (C=N–C) groups is 1. The molecule has 2 rings (SSSR count). The van der Waals surface area contributed by atoms with Crippen molar-refractivity contribution in [2.75, 3.05) is 32.6 Å². The van der Waals surface area contributed by atoms with E-state index in [9.17, 15) is 0 Å². The standard InChI is InChI=1S/C15H23N5S2/c1-11(12-5-6-21-9-12)7-17-14(16-2)18-8-13-10-22-15(19-13)20(3)4/h5-6,9-11H,7-8H2,1-4H3,(H2,16,17,18). The van der Waals surface area contributed by atoms with Gasteiger partial charge in [0.05, 0.1) is 12.2 Å². The highest BCUT2D eigenvalue weighted by atomic mass is 32.1. The summed E-state index contributed by atoms with van der Waals surface area (Å²) < 4.78 is 0. The summed E-state index contributed by atoms with van der Waals surface area (Å²) in [5.74, 6) is 1.27. The van der Waals surface area contributed by atoms with Crippen molar-refractivity contribution >= 4 is 33.8 Å². The molecule has 0 saturated carbocycles. The molecule has 0 bridgehead atoms. The maximum Gasteiger partial charge on any atom is 0.191 e. The summed E-state index contributed by atoms with van der Waals surface area (Å²) in [6, 6.07) is 2.17. The average molecular weight is 338 g/mol.